The molecular formula is C23H25O3S-. The number of aryl methyl sites for hydroxylation is 1. The standard InChI is InChI=1S/C23H26O3S/c1-6-15-12-20-19(22(2,3)14-23(4,5)27-20)11-16(15)7-8-17-9-10-18(26-17)13-21(24)25/h9-12H,6,13-14H2,1-5H3,(H,24,25)/p-1. The molecule has 0 saturated heterocycles. The predicted molar refractivity (Wildman–Crippen MR) is 107 cm³/mol. The average Bonchev–Trinajstić information content (AvgIpc) is 2.97. The highest BCUT2D eigenvalue weighted by Gasteiger charge is 2.38. The van der Waals surface area contributed by atoms with Crippen molar-refractivity contribution in [2.45, 2.75) is 68.9 Å². The summed E-state index contributed by atoms with van der Waals surface area (Å²) in [5.74, 6) is 5.96. The molecule has 0 radical (unpaired) electrons. The highest BCUT2D eigenvalue weighted by molar-refractivity contribution is 8.00. The summed E-state index contributed by atoms with van der Waals surface area (Å²) in [6.45, 7) is 11.4. The number of carboxylic acids is 1. The molecule has 0 amide bonds. The van der Waals surface area contributed by atoms with Crippen molar-refractivity contribution < 1.29 is 14.3 Å². The maximum Gasteiger partial charge on any atom is 0.177 e. The van der Waals surface area contributed by atoms with E-state index in [1.54, 1.807) is 12.1 Å². The number of carboxylic acid groups (broad SMARTS) is 1. The van der Waals surface area contributed by atoms with Crippen molar-refractivity contribution in [2.24, 2.45) is 0 Å². The minimum atomic E-state index is -1.16. The van der Waals surface area contributed by atoms with Crippen LogP contribution in [0.25, 0.3) is 0 Å². The largest absolute Gasteiger partial charge is 0.550 e. The van der Waals surface area contributed by atoms with Gasteiger partial charge < -0.3 is 14.3 Å². The minimum Gasteiger partial charge on any atom is -0.550 e. The van der Waals surface area contributed by atoms with Crippen LogP contribution in [0.15, 0.2) is 33.6 Å². The normalized spacial score (nSPS) is 16.9. The Kier molecular flexibility index (Phi) is 5.18. The molecule has 0 saturated carbocycles. The number of carbonyl (C=O) groups is 1. The van der Waals surface area contributed by atoms with Gasteiger partial charge in [0, 0.05) is 27.6 Å². The van der Waals surface area contributed by atoms with E-state index in [1.807, 2.05) is 11.8 Å². The summed E-state index contributed by atoms with van der Waals surface area (Å²) in [5, 5.41) is 10.7. The fourth-order valence-electron chi connectivity index (χ4n) is 3.95. The van der Waals surface area contributed by atoms with Crippen LogP contribution in [0.2, 0.25) is 0 Å². The zero-order valence-corrected chi connectivity index (χ0v) is 17.4. The number of rotatable bonds is 3. The lowest BCUT2D eigenvalue weighted by Gasteiger charge is -2.42. The summed E-state index contributed by atoms with van der Waals surface area (Å²) >= 11 is 1.95. The molecule has 1 aromatic heterocycles. The molecule has 0 unspecified atom stereocenters. The van der Waals surface area contributed by atoms with Crippen molar-refractivity contribution in [1.82, 2.24) is 0 Å². The quantitative estimate of drug-likeness (QED) is 0.752. The van der Waals surface area contributed by atoms with E-state index in [0.29, 0.717) is 11.5 Å². The van der Waals surface area contributed by atoms with Crippen LogP contribution in [0.4, 0.5) is 0 Å². The van der Waals surface area contributed by atoms with Gasteiger partial charge in [-0.3, -0.25) is 0 Å². The van der Waals surface area contributed by atoms with Gasteiger partial charge in [0.1, 0.15) is 5.76 Å². The van der Waals surface area contributed by atoms with Crippen LogP contribution in [-0.4, -0.2) is 10.7 Å². The summed E-state index contributed by atoms with van der Waals surface area (Å²) < 4.78 is 5.69. The van der Waals surface area contributed by atoms with Crippen LogP contribution >= 0.6 is 11.8 Å². The lowest BCUT2D eigenvalue weighted by molar-refractivity contribution is -0.305. The second-order valence-electron chi connectivity index (χ2n) is 8.35. The molecule has 0 atom stereocenters. The molecule has 27 heavy (non-hydrogen) atoms. The number of carbonyl (C=O) groups excluding carboxylic acids is 1. The number of fused-ring (bicyclic) bond motifs is 1. The van der Waals surface area contributed by atoms with E-state index in [9.17, 15) is 9.90 Å². The Morgan fingerprint density at radius 3 is 2.63 bits per heavy atom. The van der Waals surface area contributed by atoms with Crippen LogP contribution in [0.1, 0.15) is 69.3 Å². The van der Waals surface area contributed by atoms with E-state index in [0.717, 1.165) is 18.4 Å². The SMILES string of the molecule is CCc1cc2c(cc1C#Cc1ccc(CC(=O)[O-])o1)C(C)(C)CC(C)(C)S2. The molecule has 2 aromatic rings. The van der Waals surface area contributed by atoms with Crippen molar-refractivity contribution in [1.29, 1.82) is 0 Å². The Morgan fingerprint density at radius 2 is 1.96 bits per heavy atom. The van der Waals surface area contributed by atoms with E-state index in [2.05, 4.69) is 58.6 Å². The first-order valence-electron chi connectivity index (χ1n) is 9.27. The summed E-state index contributed by atoms with van der Waals surface area (Å²) in [4.78, 5) is 12.0. The van der Waals surface area contributed by atoms with Gasteiger partial charge in [-0.1, -0.05) is 40.5 Å². The lowest BCUT2D eigenvalue weighted by atomic mass is 9.76. The van der Waals surface area contributed by atoms with Crippen molar-refractivity contribution >= 4 is 17.7 Å². The molecule has 1 aromatic carbocycles. The van der Waals surface area contributed by atoms with Gasteiger partial charge in [-0.2, -0.15) is 0 Å². The molecule has 0 N–H and O–H groups in total. The highest BCUT2D eigenvalue weighted by atomic mass is 32.2. The molecule has 3 rings (SSSR count). The maximum atomic E-state index is 10.7. The first kappa shape index (κ1) is 19.6. The molecule has 1 aliphatic heterocycles. The first-order chi connectivity index (χ1) is 12.6. The number of thioether (sulfide) groups is 1. The van der Waals surface area contributed by atoms with Crippen LogP contribution in [0, 0.1) is 11.8 Å². The van der Waals surface area contributed by atoms with Crippen molar-refractivity contribution in [3.63, 3.8) is 0 Å². The first-order valence-corrected chi connectivity index (χ1v) is 10.1. The zero-order chi connectivity index (χ0) is 19.8. The van der Waals surface area contributed by atoms with E-state index in [-0.39, 0.29) is 16.6 Å². The second kappa shape index (κ2) is 7.13. The second-order valence-corrected chi connectivity index (χ2v) is 10.1. The molecule has 1 aliphatic rings. The fraction of sp³-hybridized carbons (Fsp3) is 0.435. The third-order valence-corrected chi connectivity index (χ3v) is 6.12. The number of hydrogen-bond donors (Lipinski definition) is 0. The molecule has 4 heteroatoms. The van der Waals surface area contributed by atoms with E-state index < -0.39 is 5.97 Å². The maximum absolute atomic E-state index is 10.7. The Labute approximate surface area is 165 Å². The van der Waals surface area contributed by atoms with E-state index in [1.165, 1.54) is 16.0 Å². The topological polar surface area (TPSA) is 53.3 Å². The number of benzene rings is 1. The Balaban J connectivity index is 1.98. The zero-order valence-electron chi connectivity index (χ0n) is 16.6. The van der Waals surface area contributed by atoms with E-state index >= 15 is 0 Å². The van der Waals surface area contributed by atoms with Crippen LogP contribution < -0.4 is 5.11 Å². The van der Waals surface area contributed by atoms with Crippen LogP contribution in [0.5, 0.6) is 0 Å². The van der Waals surface area contributed by atoms with Gasteiger partial charge in [0.25, 0.3) is 0 Å². The Hall–Kier alpha value is -2.12. The number of hydrogen-bond acceptors (Lipinski definition) is 4. The minimum absolute atomic E-state index is 0.0964. The van der Waals surface area contributed by atoms with Crippen molar-refractivity contribution in [2.75, 3.05) is 0 Å². The van der Waals surface area contributed by atoms with Crippen LogP contribution in [-0.2, 0) is 23.1 Å². The third kappa shape index (κ3) is 4.42. The lowest BCUT2D eigenvalue weighted by Crippen LogP contribution is -2.33. The van der Waals surface area contributed by atoms with Crippen molar-refractivity contribution in [3.8, 4) is 11.8 Å². The number of furan rings is 1. The molecule has 0 fully saturated rings. The van der Waals surface area contributed by atoms with Gasteiger partial charge in [0.2, 0.25) is 0 Å². The van der Waals surface area contributed by atoms with Gasteiger partial charge >= 0.3 is 0 Å². The van der Waals surface area contributed by atoms with Gasteiger partial charge in [-0.25, -0.2) is 0 Å². The highest BCUT2D eigenvalue weighted by Crippen LogP contribution is 2.51. The van der Waals surface area contributed by atoms with Gasteiger partial charge in [0.15, 0.2) is 5.76 Å². The molecular weight excluding hydrogens is 356 g/mol. The fourth-order valence-corrected chi connectivity index (χ4v) is 5.62. The molecule has 142 valence electrons. The molecule has 3 nitrogen and oxygen atoms in total. The summed E-state index contributed by atoms with van der Waals surface area (Å²) in [7, 11) is 0. The van der Waals surface area contributed by atoms with Gasteiger partial charge in [-0.05, 0) is 59.6 Å². The summed E-state index contributed by atoms with van der Waals surface area (Å²) in [6, 6.07) is 7.86. The molecule has 2 heterocycles. The Morgan fingerprint density at radius 1 is 1.22 bits per heavy atom. The number of aliphatic carboxylic acids is 1. The molecule has 0 bridgehead atoms. The van der Waals surface area contributed by atoms with E-state index in [4.69, 9.17) is 4.42 Å². The Bertz CT molecular complexity index is 938. The molecule has 0 spiro atoms. The third-order valence-electron chi connectivity index (χ3n) is 4.87. The summed E-state index contributed by atoms with van der Waals surface area (Å²) in [6.07, 6.45) is 1.79. The van der Waals surface area contributed by atoms with Gasteiger partial charge in [-0.15, -0.1) is 11.8 Å². The van der Waals surface area contributed by atoms with Gasteiger partial charge in [0.05, 0.1) is 0 Å². The average molecular weight is 382 g/mol. The smallest absolute Gasteiger partial charge is 0.177 e. The predicted octanol–water partition coefficient (Wildman–Crippen LogP) is 4.09. The monoisotopic (exact) mass is 381 g/mol. The summed E-state index contributed by atoms with van der Waals surface area (Å²) in [5.41, 5.74) is 3.69. The molecule has 0 aliphatic carbocycles. The van der Waals surface area contributed by atoms with Crippen molar-refractivity contribution in [3.05, 3.63) is 52.5 Å². The van der Waals surface area contributed by atoms with Crippen LogP contribution in [0.3, 0.4) is 0 Å².